The zero-order valence-electron chi connectivity index (χ0n) is 18.0. The standard InChI is InChI=1S/C22H27N5O4/c1-3-31-22(29)16-13-17-20(24-18-6-5-15(2)14-27(18)21(17)28)26(19(16)23)8-4-7-25-9-11-30-12-10-25/h5-6,13-14,23H,3-4,7-12H2,1-2H3/p+1. The smallest absolute Gasteiger partial charge is 0.344 e. The molecule has 0 unspecified atom stereocenters. The number of aromatic nitrogens is 3. The van der Waals surface area contributed by atoms with Crippen molar-refractivity contribution < 1.29 is 18.8 Å². The fourth-order valence-electron chi connectivity index (χ4n) is 3.93. The highest BCUT2D eigenvalue weighted by atomic mass is 16.5. The molecule has 4 heterocycles. The van der Waals surface area contributed by atoms with Crippen molar-refractivity contribution in [2.45, 2.75) is 26.8 Å². The zero-order chi connectivity index (χ0) is 22.0. The summed E-state index contributed by atoms with van der Waals surface area (Å²) in [6.07, 6.45) is 2.54. The Morgan fingerprint density at radius 2 is 2.10 bits per heavy atom. The molecule has 0 bridgehead atoms. The maximum Gasteiger partial charge on any atom is 0.344 e. The molecule has 1 aliphatic heterocycles. The Hall–Kier alpha value is -3.04. The van der Waals surface area contributed by atoms with E-state index in [9.17, 15) is 9.59 Å². The first-order valence-corrected chi connectivity index (χ1v) is 10.6. The molecule has 0 saturated carbocycles. The van der Waals surface area contributed by atoms with E-state index in [0.29, 0.717) is 23.2 Å². The molecular weight excluding hydrogens is 398 g/mol. The molecule has 9 heteroatoms. The number of hydrogen-bond donors (Lipinski definition) is 1. The molecule has 0 aromatic carbocycles. The van der Waals surface area contributed by atoms with E-state index in [1.54, 1.807) is 17.7 Å². The molecule has 1 fully saturated rings. The molecule has 164 valence electrons. The number of fused-ring (bicyclic) bond motifs is 2. The van der Waals surface area contributed by atoms with Crippen LogP contribution in [0.15, 0.2) is 29.2 Å². The number of nitrogen functional groups attached to an aromatic ring is 1. The van der Waals surface area contributed by atoms with Crippen molar-refractivity contribution in [3.05, 3.63) is 45.9 Å². The topological polar surface area (TPSA) is 103 Å². The summed E-state index contributed by atoms with van der Waals surface area (Å²) < 4.78 is 13.8. The fraction of sp³-hybridized carbons (Fsp3) is 0.455. The zero-order valence-corrected chi connectivity index (χ0v) is 18.0. The van der Waals surface area contributed by atoms with Crippen LogP contribution in [0.25, 0.3) is 16.7 Å². The van der Waals surface area contributed by atoms with E-state index in [1.165, 1.54) is 10.5 Å². The van der Waals surface area contributed by atoms with Gasteiger partial charge in [0.15, 0.2) is 0 Å². The predicted molar refractivity (Wildman–Crippen MR) is 116 cm³/mol. The largest absolute Gasteiger partial charge is 0.462 e. The Morgan fingerprint density at radius 1 is 1.32 bits per heavy atom. The minimum atomic E-state index is -0.544. The summed E-state index contributed by atoms with van der Waals surface area (Å²) in [4.78, 5) is 32.8. The van der Waals surface area contributed by atoms with Crippen LogP contribution in [0.5, 0.6) is 0 Å². The van der Waals surface area contributed by atoms with Crippen molar-refractivity contribution in [2.24, 2.45) is 0 Å². The minimum absolute atomic E-state index is 0.187. The minimum Gasteiger partial charge on any atom is -0.462 e. The molecule has 1 aliphatic rings. The van der Waals surface area contributed by atoms with Crippen LogP contribution in [-0.4, -0.2) is 59.7 Å². The van der Waals surface area contributed by atoms with Crippen LogP contribution in [0.3, 0.4) is 0 Å². The van der Waals surface area contributed by atoms with E-state index in [4.69, 9.17) is 20.2 Å². The van der Waals surface area contributed by atoms with Crippen molar-refractivity contribution in [3.63, 3.8) is 0 Å². The number of morpholine rings is 1. The first-order chi connectivity index (χ1) is 15.0. The second-order valence-corrected chi connectivity index (χ2v) is 7.71. The monoisotopic (exact) mass is 426 g/mol. The van der Waals surface area contributed by atoms with E-state index in [-0.39, 0.29) is 23.5 Å². The predicted octanol–water partition coefficient (Wildman–Crippen LogP) is 0.925. The Kier molecular flexibility index (Phi) is 6.15. The fourth-order valence-corrected chi connectivity index (χ4v) is 3.93. The molecule has 1 saturated heterocycles. The van der Waals surface area contributed by atoms with E-state index in [1.807, 2.05) is 19.1 Å². The van der Waals surface area contributed by atoms with Gasteiger partial charge < -0.3 is 15.2 Å². The first-order valence-electron chi connectivity index (χ1n) is 10.6. The van der Waals surface area contributed by atoms with Crippen LogP contribution in [0, 0.1) is 6.92 Å². The first kappa shape index (κ1) is 21.2. The van der Waals surface area contributed by atoms with E-state index in [2.05, 4.69) is 4.90 Å². The third-order valence-corrected chi connectivity index (χ3v) is 5.55. The number of nitrogens with two attached hydrogens (primary N) is 1. The van der Waals surface area contributed by atoms with E-state index >= 15 is 0 Å². The van der Waals surface area contributed by atoms with Crippen LogP contribution in [0.1, 0.15) is 29.3 Å². The Morgan fingerprint density at radius 3 is 2.84 bits per heavy atom. The SMILES string of the molecule is CCOC(=O)c1cc2c(=O)n3cc(C)ccc3nc2[n+](CCCN2CCOCC2)c1N. The summed E-state index contributed by atoms with van der Waals surface area (Å²) in [7, 11) is 0. The van der Waals surface area contributed by atoms with Gasteiger partial charge in [-0.1, -0.05) is 11.1 Å². The summed E-state index contributed by atoms with van der Waals surface area (Å²) in [6.45, 7) is 8.53. The number of nitrogens with zero attached hydrogens (tertiary/aromatic N) is 4. The number of anilines is 1. The normalized spacial score (nSPS) is 14.9. The molecule has 2 N–H and O–H groups in total. The van der Waals surface area contributed by atoms with Crippen LogP contribution < -0.4 is 15.9 Å². The van der Waals surface area contributed by atoms with Gasteiger partial charge in [0.25, 0.3) is 11.2 Å². The number of hydrogen-bond acceptors (Lipinski definition) is 7. The Labute approximate surface area is 180 Å². The van der Waals surface area contributed by atoms with Crippen LogP contribution in [-0.2, 0) is 16.0 Å². The van der Waals surface area contributed by atoms with Gasteiger partial charge in [-0.05, 0) is 38.0 Å². The summed E-state index contributed by atoms with van der Waals surface area (Å²) in [6, 6.07) is 5.22. The second kappa shape index (κ2) is 8.99. The molecule has 0 spiro atoms. The summed E-state index contributed by atoms with van der Waals surface area (Å²) >= 11 is 0. The Balaban J connectivity index is 1.81. The molecule has 9 nitrogen and oxygen atoms in total. The van der Waals surface area contributed by atoms with Crippen molar-refractivity contribution in [1.82, 2.24) is 14.3 Å². The van der Waals surface area contributed by atoms with Gasteiger partial charge >= 0.3 is 5.97 Å². The quantitative estimate of drug-likeness (QED) is 0.355. The van der Waals surface area contributed by atoms with Crippen molar-refractivity contribution >= 4 is 28.5 Å². The summed E-state index contributed by atoms with van der Waals surface area (Å²) in [5.74, 6) is -0.283. The average molecular weight is 426 g/mol. The third kappa shape index (κ3) is 4.24. The molecule has 31 heavy (non-hydrogen) atoms. The van der Waals surface area contributed by atoms with Crippen molar-refractivity contribution in [3.8, 4) is 0 Å². The molecular formula is C22H28N5O4+. The number of aryl methyl sites for hydroxylation is 2. The second-order valence-electron chi connectivity index (χ2n) is 7.71. The number of carbonyl (C=O) groups is 1. The van der Waals surface area contributed by atoms with Crippen LogP contribution in [0.4, 0.5) is 5.82 Å². The van der Waals surface area contributed by atoms with Gasteiger partial charge in [0.05, 0.1) is 26.4 Å². The molecule has 4 rings (SSSR count). The van der Waals surface area contributed by atoms with E-state index in [0.717, 1.165) is 44.8 Å². The van der Waals surface area contributed by atoms with Crippen LogP contribution in [0.2, 0.25) is 0 Å². The number of ether oxygens (including phenoxy) is 2. The average Bonchev–Trinajstić information content (AvgIpc) is 2.77. The molecule has 0 radical (unpaired) electrons. The molecule has 0 aliphatic carbocycles. The van der Waals surface area contributed by atoms with Gasteiger partial charge in [0, 0.05) is 25.8 Å². The highest BCUT2D eigenvalue weighted by molar-refractivity contribution is 5.96. The number of carbonyl (C=O) groups excluding carboxylic acids is 1. The number of esters is 1. The molecule has 0 amide bonds. The highest BCUT2D eigenvalue weighted by Gasteiger charge is 2.25. The lowest BCUT2D eigenvalue weighted by Gasteiger charge is -2.26. The Bertz CT molecular complexity index is 1180. The summed E-state index contributed by atoms with van der Waals surface area (Å²) in [5, 5.41) is 0.340. The third-order valence-electron chi connectivity index (χ3n) is 5.55. The molecule has 3 aromatic rings. The van der Waals surface area contributed by atoms with Gasteiger partial charge in [-0.2, -0.15) is 0 Å². The van der Waals surface area contributed by atoms with Gasteiger partial charge in [-0.25, -0.2) is 9.36 Å². The lowest BCUT2D eigenvalue weighted by atomic mass is 10.2. The number of rotatable bonds is 6. The lowest BCUT2D eigenvalue weighted by molar-refractivity contribution is -0.659. The maximum atomic E-state index is 13.3. The van der Waals surface area contributed by atoms with Crippen LogP contribution >= 0.6 is 0 Å². The van der Waals surface area contributed by atoms with E-state index < -0.39 is 5.97 Å². The van der Waals surface area contributed by atoms with Gasteiger partial charge in [0.1, 0.15) is 10.9 Å². The van der Waals surface area contributed by atoms with Gasteiger partial charge in [-0.15, -0.1) is 0 Å². The summed E-state index contributed by atoms with van der Waals surface area (Å²) in [5.41, 5.74) is 8.29. The van der Waals surface area contributed by atoms with Crippen molar-refractivity contribution in [2.75, 3.05) is 45.2 Å². The number of pyridine rings is 2. The highest BCUT2D eigenvalue weighted by Crippen LogP contribution is 2.16. The molecule has 0 atom stereocenters. The van der Waals surface area contributed by atoms with Crippen molar-refractivity contribution in [1.29, 1.82) is 0 Å². The van der Waals surface area contributed by atoms with Gasteiger partial charge in [0.2, 0.25) is 11.5 Å². The maximum absolute atomic E-state index is 13.3. The van der Waals surface area contributed by atoms with Gasteiger partial charge in [-0.3, -0.25) is 14.1 Å². The lowest BCUT2D eigenvalue weighted by Crippen LogP contribution is -2.44. The molecule has 3 aromatic heterocycles.